The number of anilines is 1. The summed E-state index contributed by atoms with van der Waals surface area (Å²) >= 11 is 6.67. The predicted octanol–water partition coefficient (Wildman–Crippen LogP) is 4.92. The second kappa shape index (κ2) is 9.17. The lowest BCUT2D eigenvalue weighted by atomic mass is 10.1. The minimum absolute atomic E-state index is 0.0653. The van der Waals surface area contributed by atoms with Crippen molar-refractivity contribution in [2.24, 2.45) is 0 Å². The lowest BCUT2D eigenvalue weighted by Crippen LogP contribution is -2.29. The molecule has 1 fully saturated rings. The Labute approximate surface area is 175 Å². The van der Waals surface area contributed by atoms with Crippen LogP contribution in [-0.4, -0.2) is 27.6 Å². The van der Waals surface area contributed by atoms with Crippen molar-refractivity contribution in [2.75, 3.05) is 11.9 Å². The highest BCUT2D eigenvalue weighted by atomic mass is 32.2. The number of carbonyl (C=O) groups excluding carboxylic acids is 2. The molecule has 0 unspecified atom stereocenters. The van der Waals surface area contributed by atoms with Gasteiger partial charge in [-0.15, -0.1) is 0 Å². The van der Waals surface area contributed by atoms with E-state index in [0.717, 1.165) is 16.8 Å². The van der Waals surface area contributed by atoms with Gasteiger partial charge in [-0.3, -0.25) is 14.5 Å². The van der Waals surface area contributed by atoms with Crippen LogP contribution in [0.15, 0.2) is 53.4 Å². The first-order valence-corrected chi connectivity index (χ1v) is 10.3. The monoisotopic (exact) mass is 410 g/mol. The molecule has 0 aromatic heterocycles. The zero-order valence-corrected chi connectivity index (χ0v) is 17.5. The SMILES string of the molecule is Cc1ccc(/C=C2\SC(=S)N(CCCC(=O)Nc3ccc(C)cc3)C2=O)cc1. The van der Waals surface area contributed by atoms with Crippen LogP contribution in [-0.2, 0) is 9.59 Å². The topological polar surface area (TPSA) is 49.4 Å². The number of aryl methyl sites for hydroxylation is 2. The van der Waals surface area contributed by atoms with Crippen molar-refractivity contribution in [3.63, 3.8) is 0 Å². The minimum atomic E-state index is -0.0884. The smallest absolute Gasteiger partial charge is 0.266 e. The second-order valence-electron chi connectivity index (χ2n) is 6.76. The van der Waals surface area contributed by atoms with Gasteiger partial charge in [0.1, 0.15) is 4.32 Å². The number of hydrogen-bond donors (Lipinski definition) is 1. The van der Waals surface area contributed by atoms with E-state index in [4.69, 9.17) is 12.2 Å². The Kier molecular flexibility index (Phi) is 6.65. The van der Waals surface area contributed by atoms with Crippen LogP contribution in [0.3, 0.4) is 0 Å². The maximum absolute atomic E-state index is 12.6. The van der Waals surface area contributed by atoms with E-state index in [1.165, 1.54) is 17.3 Å². The van der Waals surface area contributed by atoms with E-state index in [0.29, 0.717) is 28.6 Å². The minimum Gasteiger partial charge on any atom is -0.326 e. The summed E-state index contributed by atoms with van der Waals surface area (Å²) in [6.07, 6.45) is 2.76. The first-order chi connectivity index (χ1) is 13.4. The molecule has 1 N–H and O–H groups in total. The summed E-state index contributed by atoms with van der Waals surface area (Å²) in [6, 6.07) is 15.7. The summed E-state index contributed by atoms with van der Waals surface area (Å²) in [5, 5.41) is 2.87. The molecule has 6 heteroatoms. The molecule has 0 spiro atoms. The van der Waals surface area contributed by atoms with Crippen LogP contribution < -0.4 is 5.32 Å². The van der Waals surface area contributed by atoms with Gasteiger partial charge in [0.05, 0.1) is 4.91 Å². The van der Waals surface area contributed by atoms with Crippen molar-refractivity contribution < 1.29 is 9.59 Å². The highest BCUT2D eigenvalue weighted by Crippen LogP contribution is 2.32. The largest absolute Gasteiger partial charge is 0.326 e. The Morgan fingerprint density at radius 1 is 1.07 bits per heavy atom. The molecule has 2 aromatic rings. The number of hydrogen-bond acceptors (Lipinski definition) is 4. The fourth-order valence-corrected chi connectivity index (χ4v) is 4.07. The van der Waals surface area contributed by atoms with Crippen molar-refractivity contribution in [1.29, 1.82) is 0 Å². The highest BCUT2D eigenvalue weighted by molar-refractivity contribution is 8.26. The lowest BCUT2D eigenvalue weighted by molar-refractivity contribution is -0.122. The molecule has 3 rings (SSSR count). The van der Waals surface area contributed by atoms with Crippen LogP contribution in [0.4, 0.5) is 5.69 Å². The van der Waals surface area contributed by atoms with Crippen molar-refractivity contribution in [3.05, 3.63) is 70.1 Å². The summed E-state index contributed by atoms with van der Waals surface area (Å²) in [7, 11) is 0. The Hall–Kier alpha value is -2.44. The first kappa shape index (κ1) is 20.3. The molecule has 28 heavy (non-hydrogen) atoms. The van der Waals surface area contributed by atoms with Gasteiger partial charge in [0, 0.05) is 18.7 Å². The standard InChI is InChI=1S/C22H22N2O2S2/c1-15-5-9-17(10-6-15)14-19-21(26)24(22(27)28-19)13-3-4-20(25)23-18-11-7-16(2)8-12-18/h5-12,14H,3-4,13H2,1-2H3,(H,23,25)/b19-14-. The van der Waals surface area contributed by atoms with Gasteiger partial charge in [0.2, 0.25) is 5.91 Å². The molecule has 1 saturated heterocycles. The molecule has 1 aliphatic heterocycles. The third kappa shape index (κ3) is 5.30. The van der Waals surface area contributed by atoms with Gasteiger partial charge in [-0.25, -0.2) is 0 Å². The molecule has 2 amide bonds. The van der Waals surface area contributed by atoms with Gasteiger partial charge < -0.3 is 5.32 Å². The van der Waals surface area contributed by atoms with Crippen LogP contribution in [0.1, 0.15) is 29.5 Å². The number of amides is 2. The van der Waals surface area contributed by atoms with Gasteiger partial charge in [-0.05, 0) is 44.0 Å². The summed E-state index contributed by atoms with van der Waals surface area (Å²) in [4.78, 5) is 26.9. The Balaban J connectivity index is 1.52. The third-order valence-corrected chi connectivity index (χ3v) is 5.75. The molecule has 0 bridgehead atoms. The maximum Gasteiger partial charge on any atom is 0.266 e. The van der Waals surface area contributed by atoms with Crippen molar-refractivity contribution in [3.8, 4) is 0 Å². The van der Waals surface area contributed by atoms with E-state index >= 15 is 0 Å². The number of nitrogens with one attached hydrogen (secondary N) is 1. The molecule has 1 aliphatic rings. The molecule has 0 saturated carbocycles. The molecule has 1 heterocycles. The summed E-state index contributed by atoms with van der Waals surface area (Å²) in [5.74, 6) is -0.154. The summed E-state index contributed by atoms with van der Waals surface area (Å²) in [6.45, 7) is 4.47. The third-order valence-electron chi connectivity index (χ3n) is 4.37. The maximum atomic E-state index is 12.6. The Morgan fingerprint density at radius 2 is 1.68 bits per heavy atom. The lowest BCUT2D eigenvalue weighted by Gasteiger charge is -2.14. The number of nitrogens with zero attached hydrogens (tertiary/aromatic N) is 1. The fraction of sp³-hybridized carbons (Fsp3) is 0.227. The first-order valence-electron chi connectivity index (χ1n) is 9.11. The van der Waals surface area contributed by atoms with E-state index in [1.807, 2.05) is 68.5 Å². The van der Waals surface area contributed by atoms with Crippen LogP contribution in [0.5, 0.6) is 0 Å². The number of carbonyl (C=O) groups is 2. The number of benzene rings is 2. The van der Waals surface area contributed by atoms with E-state index in [9.17, 15) is 9.59 Å². The van der Waals surface area contributed by atoms with Gasteiger partial charge in [0.15, 0.2) is 0 Å². The predicted molar refractivity (Wildman–Crippen MR) is 120 cm³/mol. The molecule has 0 atom stereocenters. The molecule has 4 nitrogen and oxygen atoms in total. The second-order valence-corrected chi connectivity index (χ2v) is 8.44. The van der Waals surface area contributed by atoms with Gasteiger partial charge >= 0.3 is 0 Å². The average molecular weight is 411 g/mol. The molecule has 144 valence electrons. The van der Waals surface area contributed by atoms with E-state index in [-0.39, 0.29) is 11.8 Å². The van der Waals surface area contributed by atoms with Crippen molar-refractivity contribution in [2.45, 2.75) is 26.7 Å². The van der Waals surface area contributed by atoms with E-state index in [2.05, 4.69) is 5.32 Å². The van der Waals surface area contributed by atoms with Crippen LogP contribution >= 0.6 is 24.0 Å². The van der Waals surface area contributed by atoms with Gasteiger partial charge in [0.25, 0.3) is 5.91 Å². The summed E-state index contributed by atoms with van der Waals surface area (Å²) in [5.41, 5.74) is 4.07. The average Bonchev–Trinajstić information content (AvgIpc) is 2.93. The van der Waals surface area contributed by atoms with Crippen LogP contribution in [0.25, 0.3) is 6.08 Å². The molecular weight excluding hydrogens is 388 g/mol. The molecular formula is C22H22N2O2S2. The van der Waals surface area contributed by atoms with E-state index in [1.54, 1.807) is 4.90 Å². The zero-order chi connectivity index (χ0) is 20.1. The van der Waals surface area contributed by atoms with Gasteiger partial charge in [-0.2, -0.15) is 0 Å². The van der Waals surface area contributed by atoms with E-state index < -0.39 is 0 Å². The number of rotatable bonds is 6. The van der Waals surface area contributed by atoms with Crippen LogP contribution in [0.2, 0.25) is 0 Å². The Bertz CT molecular complexity index is 919. The fourth-order valence-electron chi connectivity index (χ4n) is 2.76. The van der Waals surface area contributed by atoms with Gasteiger partial charge in [-0.1, -0.05) is 71.5 Å². The summed E-state index contributed by atoms with van der Waals surface area (Å²) < 4.78 is 0.544. The highest BCUT2D eigenvalue weighted by Gasteiger charge is 2.31. The van der Waals surface area contributed by atoms with Crippen LogP contribution in [0, 0.1) is 13.8 Å². The van der Waals surface area contributed by atoms with Crippen molar-refractivity contribution >= 4 is 51.9 Å². The number of thioether (sulfide) groups is 1. The zero-order valence-electron chi connectivity index (χ0n) is 15.9. The molecule has 2 aromatic carbocycles. The molecule has 0 radical (unpaired) electrons. The normalized spacial score (nSPS) is 15.4. The van der Waals surface area contributed by atoms with Crippen molar-refractivity contribution in [1.82, 2.24) is 4.90 Å². The Morgan fingerprint density at radius 3 is 2.32 bits per heavy atom. The molecule has 0 aliphatic carbocycles. The quantitative estimate of drug-likeness (QED) is 0.542. The number of thiocarbonyl (C=S) groups is 1.